The molecule has 1 atom stereocenters. The van der Waals surface area contributed by atoms with E-state index in [0.29, 0.717) is 12.0 Å². The van der Waals surface area contributed by atoms with E-state index in [9.17, 15) is 0 Å². The van der Waals surface area contributed by atoms with Crippen LogP contribution in [0.5, 0.6) is 0 Å². The highest BCUT2D eigenvalue weighted by Gasteiger charge is 2.17. The highest BCUT2D eigenvalue weighted by atomic mass is 16.5. The molecule has 1 N–H and O–H groups in total. The summed E-state index contributed by atoms with van der Waals surface area (Å²) in [6.45, 7) is 9.90. The number of hydrogen-bond acceptors (Lipinski definition) is 2. The van der Waals surface area contributed by atoms with E-state index in [4.69, 9.17) is 4.74 Å². The SMILES string of the molecule is C=C1CC(COC(C)C)CN1. The maximum Gasteiger partial charge on any atom is 0.0519 e. The molecule has 1 saturated heterocycles. The lowest BCUT2D eigenvalue weighted by molar-refractivity contribution is 0.0560. The van der Waals surface area contributed by atoms with Gasteiger partial charge in [-0.2, -0.15) is 0 Å². The molecule has 64 valence electrons. The third-order valence-corrected chi connectivity index (χ3v) is 1.84. The van der Waals surface area contributed by atoms with Gasteiger partial charge >= 0.3 is 0 Å². The largest absolute Gasteiger partial charge is 0.388 e. The Bertz CT molecular complexity index is 142. The maximum absolute atomic E-state index is 5.49. The molecule has 1 aliphatic heterocycles. The lowest BCUT2D eigenvalue weighted by Crippen LogP contribution is -2.16. The van der Waals surface area contributed by atoms with Crippen LogP contribution in [0.4, 0.5) is 0 Å². The minimum Gasteiger partial charge on any atom is -0.388 e. The number of rotatable bonds is 3. The molecule has 11 heavy (non-hydrogen) atoms. The van der Waals surface area contributed by atoms with Gasteiger partial charge in [0.05, 0.1) is 12.7 Å². The lowest BCUT2D eigenvalue weighted by Gasteiger charge is -2.10. The van der Waals surface area contributed by atoms with Crippen molar-refractivity contribution in [1.82, 2.24) is 5.32 Å². The molecule has 2 heteroatoms. The predicted octanol–water partition coefficient (Wildman–Crippen LogP) is 1.53. The van der Waals surface area contributed by atoms with E-state index in [-0.39, 0.29) is 0 Å². The van der Waals surface area contributed by atoms with E-state index in [1.165, 1.54) is 0 Å². The number of hydrogen-bond donors (Lipinski definition) is 1. The molecule has 0 aromatic carbocycles. The molecule has 1 rings (SSSR count). The minimum absolute atomic E-state index is 0.351. The zero-order chi connectivity index (χ0) is 8.27. The first-order valence-electron chi connectivity index (χ1n) is 4.21. The van der Waals surface area contributed by atoms with Crippen molar-refractivity contribution in [3.05, 3.63) is 12.3 Å². The molecule has 0 bridgehead atoms. The molecule has 0 spiro atoms. The van der Waals surface area contributed by atoms with Crippen LogP contribution in [0.1, 0.15) is 20.3 Å². The fraction of sp³-hybridized carbons (Fsp3) is 0.778. The van der Waals surface area contributed by atoms with Crippen LogP contribution in [0.2, 0.25) is 0 Å². The molecule has 1 fully saturated rings. The van der Waals surface area contributed by atoms with E-state index in [1.54, 1.807) is 0 Å². The van der Waals surface area contributed by atoms with Crippen LogP contribution in [0.15, 0.2) is 12.3 Å². The van der Waals surface area contributed by atoms with E-state index in [1.807, 2.05) is 0 Å². The number of ether oxygens (including phenoxy) is 1. The van der Waals surface area contributed by atoms with E-state index in [2.05, 4.69) is 25.7 Å². The molecular weight excluding hydrogens is 138 g/mol. The quantitative estimate of drug-likeness (QED) is 0.667. The lowest BCUT2D eigenvalue weighted by atomic mass is 10.1. The standard InChI is InChI=1S/C9H17NO/c1-7(2)11-6-9-4-8(3)10-5-9/h7,9-10H,3-6H2,1-2H3. The Morgan fingerprint density at radius 3 is 2.91 bits per heavy atom. The molecule has 1 heterocycles. The molecule has 0 aromatic rings. The van der Waals surface area contributed by atoms with Gasteiger partial charge in [-0.05, 0) is 20.3 Å². The van der Waals surface area contributed by atoms with Gasteiger partial charge in [0.25, 0.3) is 0 Å². The molecule has 1 aliphatic rings. The van der Waals surface area contributed by atoms with Gasteiger partial charge in [0.15, 0.2) is 0 Å². The molecule has 0 aliphatic carbocycles. The predicted molar refractivity (Wildman–Crippen MR) is 46.3 cm³/mol. The van der Waals surface area contributed by atoms with Gasteiger partial charge in [0, 0.05) is 18.2 Å². The molecule has 0 radical (unpaired) electrons. The Kier molecular flexibility index (Phi) is 2.94. The Balaban J connectivity index is 2.13. The second-order valence-electron chi connectivity index (χ2n) is 3.44. The van der Waals surface area contributed by atoms with E-state index >= 15 is 0 Å². The molecule has 0 amide bonds. The van der Waals surface area contributed by atoms with Crippen LogP contribution in [-0.4, -0.2) is 19.3 Å². The summed E-state index contributed by atoms with van der Waals surface area (Å²) in [4.78, 5) is 0. The Labute approximate surface area is 68.6 Å². The topological polar surface area (TPSA) is 21.3 Å². The normalized spacial score (nSPS) is 24.3. The van der Waals surface area contributed by atoms with Gasteiger partial charge in [0.1, 0.15) is 0 Å². The average Bonchev–Trinajstić information content (AvgIpc) is 2.31. The fourth-order valence-electron chi connectivity index (χ4n) is 1.23. The zero-order valence-corrected chi connectivity index (χ0v) is 7.39. The van der Waals surface area contributed by atoms with Crippen LogP contribution in [-0.2, 0) is 4.74 Å². The van der Waals surface area contributed by atoms with Crippen molar-refractivity contribution in [2.45, 2.75) is 26.4 Å². The smallest absolute Gasteiger partial charge is 0.0519 e. The first-order valence-corrected chi connectivity index (χ1v) is 4.21. The zero-order valence-electron chi connectivity index (χ0n) is 7.39. The summed E-state index contributed by atoms with van der Waals surface area (Å²) in [6.07, 6.45) is 1.43. The maximum atomic E-state index is 5.49. The van der Waals surface area contributed by atoms with Crippen molar-refractivity contribution in [3.8, 4) is 0 Å². The van der Waals surface area contributed by atoms with Gasteiger partial charge < -0.3 is 10.1 Å². The van der Waals surface area contributed by atoms with Crippen LogP contribution in [0.25, 0.3) is 0 Å². The van der Waals surface area contributed by atoms with Gasteiger partial charge in [-0.1, -0.05) is 6.58 Å². The summed E-state index contributed by atoms with van der Waals surface area (Å²) in [5.74, 6) is 0.643. The third-order valence-electron chi connectivity index (χ3n) is 1.84. The van der Waals surface area contributed by atoms with Crippen LogP contribution in [0, 0.1) is 5.92 Å². The van der Waals surface area contributed by atoms with Crippen molar-refractivity contribution >= 4 is 0 Å². The molecule has 2 nitrogen and oxygen atoms in total. The van der Waals surface area contributed by atoms with Crippen molar-refractivity contribution in [2.24, 2.45) is 5.92 Å². The summed E-state index contributed by atoms with van der Waals surface area (Å²) in [5.41, 5.74) is 1.15. The van der Waals surface area contributed by atoms with Gasteiger partial charge in [-0.15, -0.1) is 0 Å². The Morgan fingerprint density at radius 1 is 1.73 bits per heavy atom. The third kappa shape index (κ3) is 2.93. The molecule has 0 aromatic heterocycles. The van der Waals surface area contributed by atoms with Crippen molar-refractivity contribution in [1.29, 1.82) is 0 Å². The first-order chi connectivity index (χ1) is 5.18. The van der Waals surface area contributed by atoms with Crippen LogP contribution in [0.3, 0.4) is 0 Å². The van der Waals surface area contributed by atoms with Crippen molar-refractivity contribution < 1.29 is 4.74 Å². The highest BCUT2D eigenvalue weighted by Crippen LogP contribution is 2.15. The highest BCUT2D eigenvalue weighted by molar-refractivity contribution is 4.99. The number of allylic oxidation sites excluding steroid dienone is 1. The van der Waals surface area contributed by atoms with Gasteiger partial charge in [-0.25, -0.2) is 0 Å². The number of nitrogens with one attached hydrogen (secondary N) is 1. The Morgan fingerprint density at radius 2 is 2.45 bits per heavy atom. The summed E-state index contributed by atoms with van der Waals surface area (Å²) < 4.78 is 5.49. The monoisotopic (exact) mass is 155 g/mol. The van der Waals surface area contributed by atoms with E-state index in [0.717, 1.165) is 25.3 Å². The summed E-state index contributed by atoms with van der Waals surface area (Å²) in [6, 6.07) is 0. The summed E-state index contributed by atoms with van der Waals surface area (Å²) in [5, 5.41) is 3.22. The van der Waals surface area contributed by atoms with Crippen LogP contribution >= 0.6 is 0 Å². The Hall–Kier alpha value is -0.500. The average molecular weight is 155 g/mol. The molecular formula is C9H17NO. The van der Waals surface area contributed by atoms with Crippen molar-refractivity contribution in [3.63, 3.8) is 0 Å². The van der Waals surface area contributed by atoms with Crippen LogP contribution < -0.4 is 5.32 Å². The molecule has 0 saturated carbocycles. The second kappa shape index (κ2) is 3.77. The fourth-order valence-corrected chi connectivity index (χ4v) is 1.23. The van der Waals surface area contributed by atoms with Gasteiger partial charge in [-0.3, -0.25) is 0 Å². The second-order valence-corrected chi connectivity index (χ2v) is 3.44. The molecule has 1 unspecified atom stereocenters. The van der Waals surface area contributed by atoms with Crippen molar-refractivity contribution in [2.75, 3.05) is 13.2 Å². The summed E-state index contributed by atoms with van der Waals surface area (Å²) >= 11 is 0. The van der Waals surface area contributed by atoms with Gasteiger partial charge in [0.2, 0.25) is 0 Å². The van der Waals surface area contributed by atoms with E-state index < -0.39 is 0 Å². The summed E-state index contributed by atoms with van der Waals surface area (Å²) in [7, 11) is 0. The minimum atomic E-state index is 0.351. The first kappa shape index (κ1) is 8.60.